The zero-order valence-electron chi connectivity index (χ0n) is 35.2. The Morgan fingerprint density at radius 2 is 1.07 bits per heavy atom. The van der Waals surface area contributed by atoms with Crippen LogP contribution in [-0.2, 0) is 22.4 Å². The zero-order valence-corrected chi connectivity index (χ0v) is 36.1. The summed E-state index contributed by atoms with van der Waals surface area (Å²) in [7, 11) is 0. The summed E-state index contributed by atoms with van der Waals surface area (Å²) < 4.78 is 43.3. The highest BCUT2D eigenvalue weighted by atomic mass is 32.2. The minimum atomic E-state index is -4.52. The molecule has 0 saturated carbocycles. The molecule has 0 N–H and O–H groups in total. The number of benzene rings is 5. The van der Waals surface area contributed by atoms with Crippen LogP contribution in [0.25, 0.3) is 22.3 Å². The first-order valence-electron chi connectivity index (χ1n) is 20.1. The van der Waals surface area contributed by atoms with E-state index < -0.39 is 11.7 Å². The molecule has 0 bridgehead atoms. The summed E-state index contributed by atoms with van der Waals surface area (Å²) >= 11 is 1.63. The topological polar surface area (TPSA) is 22.6 Å². The van der Waals surface area contributed by atoms with E-state index in [-0.39, 0.29) is 16.2 Å². The van der Waals surface area contributed by atoms with Crippen LogP contribution >= 0.6 is 11.8 Å². The Hall–Kier alpha value is -5.47. The van der Waals surface area contributed by atoms with Gasteiger partial charge < -0.3 is 9.80 Å². The van der Waals surface area contributed by atoms with Crippen molar-refractivity contribution in [1.29, 1.82) is 0 Å². The van der Waals surface area contributed by atoms with Crippen molar-refractivity contribution in [3.8, 4) is 22.3 Å². The fourth-order valence-electron chi connectivity index (χ4n) is 7.70. The number of hydrogen-bond donors (Lipinski definition) is 0. The predicted molar refractivity (Wildman–Crippen MR) is 240 cm³/mol. The summed E-state index contributed by atoms with van der Waals surface area (Å²) in [4.78, 5) is 13.3. The van der Waals surface area contributed by atoms with Gasteiger partial charge in [-0.15, -0.1) is 0 Å². The molecule has 302 valence electrons. The van der Waals surface area contributed by atoms with Crippen molar-refractivity contribution < 1.29 is 13.2 Å². The molecule has 2 aliphatic rings. The SMILES string of the molecule is CC(C)(C)c1cc(N2C=CN(c3cccc(Sc4ccc5c(c4)N(c4cc(C(C)(C)C)ccn4)c4cc(C(F)(F)F)ccc4-c4ccccc4-5)c3)C2)cc(C(C)(C)C)c1. The van der Waals surface area contributed by atoms with Gasteiger partial charge in [-0.3, -0.25) is 4.90 Å². The van der Waals surface area contributed by atoms with Gasteiger partial charge in [0.2, 0.25) is 0 Å². The molecular formula is C51H51F3N4S. The quantitative estimate of drug-likeness (QED) is 0.172. The first kappa shape index (κ1) is 40.3. The lowest BCUT2D eigenvalue weighted by atomic mass is 9.80. The summed E-state index contributed by atoms with van der Waals surface area (Å²) in [6, 6.07) is 37.7. The van der Waals surface area contributed by atoms with E-state index in [9.17, 15) is 13.2 Å². The molecule has 0 radical (unpaired) electrons. The minimum Gasteiger partial charge on any atom is -0.328 e. The molecule has 0 atom stereocenters. The van der Waals surface area contributed by atoms with Crippen molar-refractivity contribution in [2.75, 3.05) is 21.4 Å². The second-order valence-electron chi connectivity index (χ2n) is 18.7. The van der Waals surface area contributed by atoms with Gasteiger partial charge >= 0.3 is 6.18 Å². The molecule has 2 aliphatic heterocycles. The van der Waals surface area contributed by atoms with E-state index in [0.29, 0.717) is 23.7 Å². The van der Waals surface area contributed by atoms with E-state index in [1.165, 1.54) is 28.9 Å². The van der Waals surface area contributed by atoms with Gasteiger partial charge in [0.15, 0.2) is 0 Å². The number of hydrogen-bond acceptors (Lipinski definition) is 5. The molecule has 0 spiro atoms. The normalized spacial score (nSPS) is 14.3. The maximum absolute atomic E-state index is 14.4. The highest BCUT2D eigenvalue weighted by Gasteiger charge is 2.35. The van der Waals surface area contributed by atoms with Crippen molar-refractivity contribution in [3.05, 3.63) is 156 Å². The van der Waals surface area contributed by atoms with E-state index in [4.69, 9.17) is 4.98 Å². The smallest absolute Gasteiger partial charge is 0.328 e. The van der Waals surface area contributed by atoms with Crippen molar-refractivity contribution in [1.82, 2.24) is 4.98 Å². The van der Waals surface area contributed by atoms with Gasteiger partial charge in [-0.1, -0.05) is 123 Å². The summed E-state index contributed by atoms with van der Waals surface area (Å²) in [6.07, 6.45) is 1.51. The number of nitrogens with zero attached hydrogens (tertiary/aromatic N) is 4. The third-order valence-corrected chi connectivity index (χ3v) is 12.2. The van der Waals surface area contributed by atoms with Gasteiger partial charge in [-0.2, -0.15) is 13.2 Å². The van der Waals surface area contributed by atoms with Crippen LogP contribution in [0.5, 0.6) is 0 Å². The van der Waals surface area contributed by atoms with Gasteiger partial charge in [0, 0.05) is 50.9 Å². The lowest BCUT2D eigenvalue weighted by Crippen LogP contribution is -2.26. The maximum Gasteiger partial charge on any atom is 0.416 e. The Labute approximate surface area is 351 Å². The second kappa shape index (κ2) is 14.7. The Morgan fingerprint density at radius 1 is 0.492 bits per heavy atom. The number of halogens is 3. The summed E-state index contributed by atoms with van der Waals surface area (Å²) in [6.45, 7) is 20.6. The third-order valence-electron chi connectivity index (χ3n) is 11.2. The molecule has 8 rings (SSSR count). The Balaban J connectivity index is 1.17. The van der Waals surface area contributed by atoms with Crippen molar-refractivity contribution in [3.63, 3.8) is 0 Å². The highest BCUT2D eigenvalue weighted by molar-refractivity contribution is 7.99. The number of anilines is 5. The fourth-order valence-corrected chi connectivity index (χ4v) is 8.61. The molecule has 0 saturated heterocycles. The van der Waals surface area contributed by atoms with Crippen LogP contribution in [0.2, 0.25) is 0 Å². The Morgan fingerprint density at radius 3 is 1.68 bits per heavy atom. The van der Waals surface area contributed by atoms with Gasteiger partial charge in [-0.25, -0.2) is 4.98 Å². The molecule has 0 fully saturated rings. The molecule has 8 heteroatoms. The zero-order chi connectivity index (χ0) is 42.1. The van der Waals surface area contributed by atoms with E-state index in [2.05, 4.69) is 145 Å². The van der Waals surface area contributed by atoms with Gasteiger partial charge in [-0.05, 0) is 111 Å². The molecular weight excluding hydrogens is 758 g/mol. The first-order valence-corrected chi connectivity index (χ1v) is 20.9. The lowest BCUT2D eigenvalue weighted by Gasteiger charge is -2.29. The van der Waals surface area contributed by atoms with E-state index in [0.717, 1.165) is 43.4 Å². The van der Waals surface area contributed by atoms with Crippen molar-refractivity contribution in [2.24, 2.45) is 0 Å². The molecule has 1 aromatic heterocycles. The minimum absolute atomic E-state index is 0.0172. The van der Waals surface area contributed by atoms with E-state index in [1.807, 2.05) is 41.3 Å². The predicted octanol–water partition coefficient (Wildman–Crippen LogP) is 15.0. The van der Waals surface area contributed by atoms with Crippen LogP contribution in [0, 0.1) is 0 Å². The summed E-state index contributed by atoms with van der Waals surface area (Å²) in [5.41, 5.74) is 9.67. The van der Waals surface area contributed by atoms with Crippen LogP contribution in [-0.4, -0.2) is 11.7 Å². The highest BCUT2D eigenvalue weighted by Crippen LogP contribution is 2.53. The Kier molecular flexibility index (Phi) is 10.0. The van der Waals surface area contributed by atoms with Crippen LogP contribution in [0.3, 0.4) is 0 Å². The van der Waals surface area contributed by atoms with Crippen LogP contribution < -0.4 is 14.7 Å². The summed E-state index contributed by atoms with van der Waals surface area (Å²) in [5.74, 6) is 0.559. The van der Waals surface area contributed by atoms with Gasteiger partial charge in [0.05, 0.1) is 23.6 Å². The summed E-state index contributed by atoms with van der Waals surface area (Å²) in [5, 5.41) is 0. The second-order valence-corrected chi connectivity index (χ2v) is 19.8. The third kappa shape index (κ3) is 8.12. The van der Waals surface area contributed by atoms with Gasteiger partial charge in [0.1, 0.15) is 5.82 Å². The van der Waals surface area contributed by atoms with Gasteiger partial charge in [0.25, 0.3) is 0 Å². The Bertz CT molecular complexity index is 2560. The molecule has 3 heterocycles. The number of pyridine rings is 1. The van der Waals surface area contributed by atoms with Crippen LogP contribution in [0.4, 0.5) is 41.7 Å². The molecule has 0 unspecified atom stereocenters. The number of aromatic nitrogens is 1. The van der Waals surface area contributed by atoms with Crippen LogP contribution in [0.1, 0.15) is 84.6 Å². The molecule has 0 aliphatic carbocycles. The van der Waals surface area contributed by atoms with Crippen LogP contribution in [0.15, 0.2) is 144 Å². The standard InChI is InChI=1S/C51H51F3N4S/c1-48(2,3)33-21-22-55-47(29-33)58-45-28-34(51(52,53)54)17-19-43(45)41-15-10-11-16-42(41)44-20-18-40(31-46(44)58)59-39-14-12-13-37(30-39)56-23-24-57(32-56)38-26-35(49(4,5)6)25-36(27-38)50(7,8)9/h10-31H,32H2,1-9H3. The molecule has 6 aromatic rings. The van der Waals surface area contributed by atoms with Crippen molar-refractivity contribution in [2.45, 2.75) is 94.5 Å². The monoisotopic (exact) mass is 808 g/mol. The average molecular weight is 809 g/mol. The van der Waals surface area contributed by atoms with E-state index >= 15 is 0 Å². The fraction of sp³-hybridized carbons (Fsp3) is 0.275. The lowest BCUT2D eigenvalue weighted by molar-refractivity contribution is -0.137. The average Bonchev–Trinajstić information content (AvgIpc) is 3.64. The molecule has 59 heavy (non-hydrogen) atoms. The largest absolute Gasteiger partial charge is 0.416 e. The molecule has 0 amide bonds. The number of alkyl halides is 3. The molecule has 4 nitrogen and oxygen atoms in total. The van der Waals surface area contributed by atoms with E-state index in [1.54, 1.807) is 24.0 Å². The number of fused-ring (bicyclic) bond motifs is 5. The first-order chi connectivity index (χ1) is 27.7. The molecule has 5 aromatic carbocycles. The number of rotatable bonds is 5. The maximum atomic E-state index is 14.4. The van der Waals surface area contributed by atoms with Crippen molar-refractivity contribution >= 4 is 40.3 Å².